The summed E-state index contributed by atoms with van der Waals surface area (Å²) in [5, 5.41) is 5.63. The van der Waals surface area contributed by atoms with E-state index in [1.807, 2.05) is 48.2 Å². The lowest BCUT2D eigenvalue weighted by Crippen LogP contribution is -2.35. The SMILES string of the molecule is Cc1cccc(NC(=O)Nc2ccc(N3CCCN(C(=O)c4ccc5c(c4)OCO5)CC3)nc2)c1. The predicted octanol–water partition coefficient (Wildman–Crippen LogP) is 4.12. The molecule has 1 saturated heterocycles. The highest BCUT2D eigenvalue weighted by Crippen LogP contribution is 2.33. The van der Waals surface area contributed by atoms with Crippen molar-refractivity contribution in [3.8, 4) is 11.5 Å². The number of hydrogen-bond donors (Lipinski definition) is 2. The zero-order valence-electron chi connectivity index (χ0n) is 19.5. The summed E-state index contributed by atoms with van der Waals surface area (Å²) in [5.41, 5.74) is 3.01. The van der Waals surface area contributed by atoms with Gasteiger partial charge in [-0.2, -0.15) is 0 Å². The predicted molar refractivity (Wildman–Crippen MR) is 133 cm³/mol. The zero-order chi connectivity index (χ0) is 24.2. The highest BCUT2D eigenvalue weighted by Gasteiger charge is 2.23. The lowest BCUT2D eigenvalue weighted by molar-refractivity contribution is 0.0766. The van der Waals surface area contributed by atoms with Gasteiger partial charge < -0.3 is 29.9 Å². The molecule has 0 saturated carbocycles. The van der Waals surface area contributed by atoms with Crippen LogP contribution in [0, 0.1) is 6.92 Å². The number of ether oxygens (including phenoxy) is 2. The van der Waals surface area contributed by atoms with Crippen LogP contribution in [0.4, 0.5) is 22.0 Å². The third-order valence-electron chi connectivity index (χ3n) is 6.01. The Morgan fingerprint density at radius 3 is 2.57 bits per heavy atom. The maximum atomic E-state index is 13.0. The summed E-state index contributed by atoms with van der Waals surface area (Å²) in [5.74, 6) is 2.07. The molecular formula is C26H27N5O4. The van der Waals surface area contributed by atoms with Crippen molar-refractivity contribution in [3.05, 3.63) is 71.9 Å². The van der Waals surface area contributed by atoms with Crippen LogP contribution in [0.1, 0.15) is 22.3 Å². The first-order valence-corrected chi connectivity index (χ1v) is 11.6. The molecule has 2 aliphatic heterocycles. The fourth-order valence-corrected chi connectivity index (χ4v) is 4.23. The fraction of sp³-hybridized carbons (Fsp3) is 0.269. The molecule has 180 valence electrons. The third kappa shape index (κ3) is 5.29. The first-order chi connectivity index (χ1) is 17.0. The number of carbonyl (C=O) groups is 2. The Hall–Kier alpha value is -4.27. The van der Waals surface area contributed by atoms with Crippen molar-refractivity contribution in [3.63, 3.8) is 0 Å². The maximum absolute atomic E-state index is 13.0. The lowest BCUT2D eigenvalue weighted by Gasteiger charge is -2.23. The quantitative estimate of drug-likeness (QED) is 0.592. The van der Waals surface area contributed by atoms with Crippen LogP contribution in [-0.2, 0) is 0 Å². The number of anilines is 3. The van der Waals surface area contributed by atoms with E-state index in [0.29, 0.717) is 42.4 Å². The van der Waals surface area contributed by atoms with Gasteiger partial charge in [-0.05, 0) is 61.4 Å². The molecule has 2 aromatic carbocycles. The first kappa shape index (κ1) is 22.5. The molecule has 0 atom stereocenters. The zero-order valence-corrected chi connectivity index (χ0v) is 19.5. The molecule has 2 aliphatic rings. The molecule has 0 radical (unpaired) electrons. The first-order valence-electron chi connectivity index (χ1n) is 11.6. The van der Waals surface area contributed by atoms with E-state index in [4.69, 9.17) is 9.47 Å². The average molecular weight is 474 g/mol. The summed E-state index contributed by atoms with van der Waals surface area (Å²) in [7, 11) is 0. The van der Waals surface area contributed by atoms with Gasteiger partial charge in [0.25, 0.3) is 5.91 Å². The van der Waals surface area contributed by atoms with E-state index in [0.717, 1.165) is 30.0 Å². The van der Waals surface area contributed by atoms with E-state index in [2.05, 4.69) is 20.5 Å². The summed E-state index contributed by atoms with van der Waals surface area (Å²) in [6.45, 7) is 4.88. The van der Waals surface area contributed by atoms with Crippen molar-refractivity contribution in [1.82, 2.24) is 9.88 Å². The molecule has 1 aromatic heterocycles. The Balaban J connectivity index is 1.16. The van der Waals surface area contributed by atoms with Gasteiger partial charge in [0, 0.05) is 37.4 Å². The molecular weight excluding hydrogens is 446 g/mol. The number of carbonyl (C=O) groups excluding carboxylic acids is 2. The number of aryl methyl sites for hydroxylation is 1. The van der Waals surface area contributed by atoms with E-state index >= 15 is 0 Å². The number of nitrogens with one attached hydrogen (secondary N) is 2. The Morgan fingerprint density at radius 1 is 0.886 bits per heavy atom. The minimum Gasteiger partial charge on any atom is -0.454 e. The van der Waals surface area contributed by atoms with E-state index < -0.39 is 0 Å². The van der Waals surface area contributed by atoms with Gasteiger partial charge in [-0.15, -0.1) is 0 Å². The molecule has 9 heteroatoms. The maximum Gasteiger partial charge on any atom is 0.323 e. The molecule has 2 N–H and O–H groups in total. The molecule has 1 fully saturated rings. The van der Waals surface area contributed by atoms with Gasteiger partial charge in [0.05, 0.1) is 11.9 Å². The van der Waals surface area contributed by atoms with Crippen molar-refractivity contribution < 1.29 is 19.1 Å². The van der Waals surface area contributed by atoms with Crippen molar-refractivity contribution >= 4 is 29.1 Å². The number of amides is 3. The lowest BCUT2D eigenvalue weighted by atomic mass is 10.1. The number of urea groups is 1. The van der Waals surface area contributed by atoms with Crippen LogP contribution >= 0.6 is 0 Å². The van der Waals surface area contributed by atoms with Crippen LogP contribution in [0.25, 0.3) is 0 Å². The van der Waals surface area contributed by atoms with Gasteiger partial charge in [0.2, 0.25) is 6.79 Å². The molecule has 3 amide bonds. The van der Waals surface area contributed by atoms with E-state index in [1.54, 1.807) is 24.4 Å². The van der Waals surface area contributed by atoms with Crippen LogP contribution < -0.4 is 25.0 Å². The molecule has 3 aromatic rings. The number of pyridine rings is 1. The summed E-state index contributed by atoms with van der Waals surface area (Å²) in [4.78, 5) is 33.9. The van der Waals surface area contributed by atoms with Gasteiger partial charge in [-0.3, -0.25) is 4.79 Å². The topological polar surface area (TPSA) is 96.0 Å². The number of fused-ring (bicyclic) bond motifs is 1. The van der Waals surface area contributed by atoms with Crippen LogP contribution in [0.15, 0.2) is 60.8 Å². The molecule has 0 aliphatic carbocycles. The fourth-order valence-electron chi connectivity index (χ4n) is 4.23. The Bertz CT molecular complexity index is 1230. The van der Waals surface area contributed by atoms with Gasteiger partial charge in [-0.1, -0.05) is 12.1 Å². The van der Waals surface area contributed by atoms with E-state index in [9.17, 15) is 9.59 Å². The monoisotopic (exact) mass is 473 g/mol. The Labute approximate surface area is 203 Å². The Kier molecular flexibility index (Phi) is 6.38. The number of benzene rings is 2. The largest absolute Gasteiger partial charge is 0.454 e. The normalized spacial score (nSPS) is 14.9. The van der Waals surface area contributed by atoms with Crippen LogP contribution in [0.2, 0.25) is 0 Å². The third-order valence-corrected chi connectivity index (χ3v) is 6.01. The minimum absolute atomic E-state index is 0.0164. The van der Waals surface area contributed by atoms with Gasteiger partial charge >= 0.3 is 6.03 Å². The number of rotatable bonds is 4. The van der Waals surface area contributed by atoms with Crippen molar-refractivity contribution in [2.75, 3.05) is 48.5 Å². The summed E-state index contributed by atoms with van der Waals surface area (Å²) in [6, 6.07) is 16.3. The van der Waals surface area contributed by atoms with Gasteiger partial charge in [0.15, 0.2) is 11.5 Å². The standard InChI is InChI=1S/C26H27N5O4/c1-18-4-2-5-20(14-18)28-26(33)29-21-7-9-24(27-16-21)30-10-3-11-31(13-12-30)25(32)19-6-8-22-23(15-19)35-17-34-22/h2,4-9,14-16H,3,10-13,17H2,1H3,(H2,28,29,33). The van der Waals surface area contributed by atoms with E-state index in [1.165, 1.54) is 0 Å². The van der Waals surface area contributed by atoms with Crippen LogP contribution in [0.5, 0.6) is 11.5 Å². The van der Waals surface area contributed by atoms with Crippen molar-refractivity contribution in [2.24, 2.45) is 0 Å². The van der Waals surface area contributed by atoms with Crippen molar-refractivity contribution in [1.29, 1.82) is 0 Å². The van der Waals surface area contributed by atoms with E-state index in [-0.39, 0.29) is 18.7 Å². The van der Waals surface area contributed by atoms with Crippen LogP contribution in [0.3, 0.4) is 0 Å². The second-order valence-electron chi connectivity index (χ2n) is 8.55. The molecule has 35 heavy (non-hydrogen) atoms. The summed E-state index contributed by atoms with van der Waals surface area (Å²) < 4.78 is 10.7. The molecule has 0 spiro atoms. The average Bonchev–Trinajstić information content (AvgIpc) is 3.19. The molecule has 0 unspecified atom stereocenters. The number of nitrogens with zero attached hydrogens (tertiary/aromatic N) is 3. The Morgan fingerprint density at radius 2 is 1.74 bits per heavy atom. The second-order valence-corrected chi connectivity index (χ2v) is 8.55. The second kappa shape index (κ2) is 9.92. The van der Waals surface area contributed by atoms with Crippen LogP contribution in [-0.4, -0.2) is 54.8 Å². The van der Waals surface area contributed by atoms with Crippen molar-refractivity contribution in [2.45, 2.75) is 13.3 Å². The van der Waals surface area contributed by atoms with Gasteiger partial charge in [0.1, 0.15) is 5.82 Å². The molecule has 3 heterocycles. The summed E-state index contributed by atoms with van der Waals surface area (Å²) >= 11 is 0. The minimum atomic E-state index is -0.322. The number of hydrogen-bond acceptors (Lipinski definition) is 6. The smallest absolute Gasteiger partial charge is 0.323 e. The van der Waals surface area contributed by atoms with Gasteiger partial charge in [-0.25, -0.2) is 9.78 Å². The number of aromatic nitrogens is 1. The summed E-state index contributed by atoms with van der Waals surface area (Å²) in [6.07, 6.45) is 2.47. The molecule has 5 rings (SSSR count). The highest BCUT2D eigenvalue weighted by atomic mass is 16.7. The molecule has 0 bridgehead atoms. The molecule has 9 nitrogen and oxygen atoms in total. The highest BCUT2D eigenvalue weighted by molar-refractivity contribution is 5.99.